The Bertz CT molecular complexity index is 272. The first-order valence-corrected chi connectivity index (χ1v) is 7.30. The van der Waals surface area contributed by atoms with Gasteiger partial charge in [-0.1, -0.05) is 12.8 Å². The summed E-state index contributed by atoms with van der Waals surface area (Å²) in [6.45, 7) is 0. The Kier molecular flexibility index (Phi) is 2.97. The molecule has 2 atom stereocenters. The minimum absolute atomic E-state index is 0.497. The van der Waals surface area contributed by atoms with Gasteiger partial charge in [-0.3, -0.25) is 4.57 Å². The topological polar surface area (TPSA) is 26.8 Å². The summed E-state index contributed by atoms with van der Waals surface area (Å²) in [5.74, 6) is 0. The summed E-state index contributed by atoms with van der Waals surface area (Å²) in [7, 11) is 5.46. The van der Waals surface area contributed by atoms with Gasteiger partial charge < -0.3 is 0 Å². The molecule has 0 amide bonds. The summed E-state index contributed by atoms with van der Waals surface area (Å²) in [6.07, 6.45) is 4.96. The maximum Gasteiger partial charge on any atom is 0.286 e. The summed E-state index contributed by atoms with van der Waals surface area (Å²) in [4.78, 5) is 0. The zero-order valence-electron chi connectivity index (χ0n) is 10.2. The molecule has 1 saturated carbocycles. The predicted octanol–water partition coefficient (Wildman–Crippen LogP) is 1.84. The molecular formula is C10H22N3OP. The molecule has 1 aliphatic carbocycles. The van der Waals surface area contributed by atoms with Gasteiger partial charge in [-0.05, 0) is 41.0 Å². The maximum atomic E-state index is 12.9. The van der Waals surface area contributed by atoms with E-state index in [1.807, 2.05) is 32.9 Å². The van der Waals surface area contributed by atoms with Gasteiger partial charge in [-0.25, -0.2) is 14.0 Å². The van der Waals surface area contributed by atoms with Gasteiger partial charge in [0.05, 0.1) is 0 Å². The van der Waals surface area contributed by atoms with Crippen molar-refractivity contribution in [3.05, 3.63) is 0 Å². The molecule has 2 aliphatic rings. The SMILES string of the molecule is CN(C)P1(=O)N(C)[C@@H]2CCCC[C@H]2N1C. The third kappa shape index (κ3) is 1.50. The van der Waals surface area contributed by atoms with Gasteiger partial charge in [0.2, 0.25) is 0 Å². The highest BCUT2D eigenvalue weighted by molar-refractivity contribution is 7.56. The summed E-state index contributed by atoms with van der Waals surface area (Å²) in [5, 5.41) is 0. The van der Waals surface area contributed by atoms with Crippen LogP contribution in [0.2, 0.25) is 0 Å². The van der Waals surface area contributed by atoms with Crippen LogP contribution in [0.1, 0.15) is 25.7 Å². The van der Waals surface area contributed by atoms with Crippen molar-refractivity contribution in [3.63, 3.8) is 0 Å². The van der Waals surface area contributed by atoms with E-state index >= 15 is 0 Å². The Balaban J connectivity index is 2.32. The molecule has 15 heavy (non-hydrogen) atoms. The van der Waals surface area contributed by atoms with Crippen molar-refractivity contribution < 1.29 is 4.57 Å². The van der Waals surface area contributed by atoms with Crippen LogP contribution in [0.4, 0.5) is 0 Å². The zero-order valence-corrected chi connectivity index (χ0v) is 11.1. The first-order valence-electron chi connectivity index (χ1n) is 5.74. The molecule has 0 bridgehead atoms. The molecule has 4 nitrogen and oxygen atoms in total. The molecule has 0 aromatic rings. The molecule has 1 aliphatic heterocycles. The minimum atomic E-state index is -2.43. The zero-order chi connectivity index (χ0) is 11.2. The van der Waals surface area contributed by atoms with Crippen LogP contribution in [0.25, 0.3) is 0 Å². The monoisotopic (exact) mass is 231 g/mol. The average molecular weight is 231 g/mol. The smallest absolute Gasteiger partial charge is 0.270 e. The van der Waals surface area contributed by atoms with Gasteiger partial charge >= 0.3 is 0 Å². The van der Waals surface area contributed by atoms with Crippen molar-refractivity contribution in [1.82, 2.24) is 14.0 Å². The first kappa shape index (κ1) is 11.6. The van der Waals surface area contributed by atoms with E-state index in [9.17, 15) is 4.57 Å². The van der Waals surface area contributed by atoms with E-state index in [0.717, 1.165) is 0 Å². The molecule has 5 heteroatoms. The fourth-order valence-electron chi connectivity index (χ4n) is 3.14. The van der Waals surface area contributed by atoms with Gasteiger partial charge in [0.1, 0.15) is 0 Å². The van der Waals surface area contributed by atoms with Crippen LogP contribution in [0.3, 0.4) is 0 Å². The Morgan fingerprint density at radius 3 is 1.80 bits per heavy atom. The van der Waals surface area contributed by atoms with E-state index in [2.05, 4.69) is 9.34 Å². The molecule has 1 heterocycles. The molecule has 0 N–H and O–H groups in total. The Hall–Kier alpha value is 0.110. The average Bonchev–Trinajstić information content (AvgIpc) is 2.43. The van der Waals surface area contributed by atoms with Gasteiger partial charge in [0.15, 0.2) is 0 Å². The van der Waals surface area contributed by atoms with E-state index < -0.39 is 7.59 Å². The fraction of sp³-hybridized carbons (Fsp3) is 1.00. The summed E-state index contributed by atoms with van der Waals surface area (Å²) in [5.41, 5.74) is 0. The number of hydrogen-bond acceptors (Lipinski definition) is 1. The highest BCUT2D eigenvalue weighted by atomic mass is 31.2. The molecule has 0 spiro atoms. The fourth-order valence-corrected chi connectivity index (χ4v) is 6.02. The van der Waals surface area contributed by atoms with E-state index in [-0.39, 0.29) is 0 Å². The van der Waals surface area contributed by atoms with Gasteiger partial charge in [0, 0.05) is 12.1 Å². The van der Waals surface area contributed by atoms with Crippen LogP contribution in [0, 0.1) is 0 Å². The van der Waals surface area contributed by atoms with Crippen LogP contribution in [0.5, 0.6) is 0 Å². The lowest BCUT2D eigenvalue weighted by Crippen LogP contribution is -2.37. The second-order valence-electron chi connectivity index (χ2n) is 4.93. The van der Waals surface area contributed by atoms with Gasteiger partial charge in [-0.15, -0.1) is 0 Å². The lowest BCUT2D eigenvalue weighted by Gasteiger charge is -2.31. The number of nitrogens with zero attached hydrogens (tertiary/aromatic N) is 3. The van der Waals surface area contributed by atoms with Crippen molar-refractivity contribution in [3.8, 4) is 0 Å². The predicted molar refractivity (Wildman–Crippen MR) is 62.9 cm³/mol. The third-order valence-corrected chi connectivity index (χ3v) is 7.28. The second-order valence-corrected chi connectivity index (χ2v) is 8.02. The van der Waals surface area contributed by atoms with Crippen LogP contribution in [-0.4, -0.2) is 54.3 Å². The minimum Gasteiger partial charge on any atom is -0.270 e. The maximum absolute atomic E-state index is 12.9. The van der Waals surface area contributed by atoms with Gasteiger partial charge in [0.25, 0.3) is 7.59 Å². The second kappa shape index (κ2) is 3.85. The summed E-state index contributed by atoms with van der Waals surface area (Å²) in [6, 6.07) is 0.994. The number of likely N-dealkylation sites (N-methyl/N-ethyl adjacent to an activating group) is 2. The Morgan fingerprint density at radius 1 is 1.07 bits per heavy atom. The van der Waals surface area contributed by atoms with Crippen LogP contribution in [0.15, 0.2) is 0 Å². The molecule has 2 rings (SSSR count). The quantitative estimate of drug-likeness (QED) is 0.643. The molecular weight excluding hydrogens is 209 g/mol. The largest absolute Gasteiger partial charge is 0.286 e. The van der Waals surface area contributed by atoms with Crippen LogP contribution >= 0.6 is 7.59 Å². The Labute approximate surface area is 92.7 Å². The normalized spacial score (nSPS) is 37.1. The highest BCUT2D eigenvalue weighted by Gasteiger charge is 2.52. The van der Waals surface area contributed by atoms with Crippen molar-refractivity contribution >= 4 is 7.59 Å². The molecule has 0 aromatic carbocycles. The lowest BCUT2D eigenvalue weighted by molar-refractivity contribution is 0.233. The number of rotatable bonds is 1. The molecule has 2 fully saturated rings. The number of fused-ring (bicyclic) bond motifs is 1. The third-order valence-electron chi connectivity index (χ3n) is 4.00. The highest BCUT2D eigenvalue weighted by Crippen LogP contribution is 2.62. The van der Waals surface area contributed by atoms with Crippen molar-refractivity contribution in [2.75, 3.05) is 28.2 Å². The van der Waals surface area contributed by atoms with E-state index in [1.54, 1.807) is 0 Å². The van der Waals surface area contributed by atoms with Crippen molar-refractivity contribution in [2.24, 2.45) is 0 Å². The summed E-state index contributed by atoms with van der Waals surface area (Å²) < 4.78 is 19.1. The van der Waals surface area contributed by atoms with E-state index in [0.29, 0.717) is 12.1 Å². The van der Waals surface area contributed by atoms with Crippen molar-refractivity contribution in [1.29, 1.82) is 0 Å². The van der Waals surface area contributed by atoms with E-state index in [4.69, 9.17) is 0 Å². The molecule has 0 aromatic heterocycles. The lowest BCUT2D eigenvalue weighted by atomic mass is 9.91. The van der Waals surface area contributed by atoms with E-state index in [1.165, 1.54) is 25.7 Å². The first-order chi connectivity index (χ1) is 6.99. The van der Waals surface area contributed by atoms with Crippen molar-refractivity contribution in [2.45, 2.75) is 37.8 Å². The number of hydrogen-bond donors (Lipinski definition) is 0. The molecule has 0 unspecified atom stereocenters. The van der Waals surface area contributed by atoms with Crippen LogP contribution in [-0.2, 0) is 4.57 Å². The molecule has 88 valence electrons. The van der Waals surface area contributed by atoms with Crippen LogP contribution < -0.4 is 0 Å². The molecule has 1 saturated heterocycles. The molecule has 0 radical (unpaired) electrons. The van der Waals surface area contributed by atoms with Gasteiger partial charge in [-0.2, -0.15) is 0 Å². The Morgan fingerprint density at radius 2 is 1.47 bits per heavy atom. The standard InChI is InChI=1S/C10H22N3OP/c1-11(2)15(14)12(3)9-7-5-6-8-10(9)13(15)4/h9-10H,5-8H2,1-4H3/t9-,10-/m1/s1. The summed E-state index contributed by atoms with van der Waals surface area (Å²) >= 11 is 0.